The molecule has 5 heteroatoms. The van der Waals surface area contributed by atoms with Crippen molar-refractivity contribution in [1.82, 2.24) is 0 Å². The van der Waals surface area contributed by atoms with Crippen LogP contribution < -0.4 is 0 Å². The van der Waals surface area contributed by atoms with Gasteiger partial charge in [0.25, 0.3) is 0 Å². The molecule has 0 spiro atoms. The van der Waals surface area contributed by atoms with Crippen LogP contribution in [-0.4, -0.2) is 23.4 Å². The molecule has 0 atom stereocenters. The summed E-state index contributed by atoms with van der Waals surface area (Å²) in [6, 6.07) is 0. The third-order valence-electron chi connectivity index (χ3n) is 2.02. The molecule has 0 heterocycles. The van der Waals surface area contributed by atoms with Gasteiger partial charge in [-0.25, -0.2) is 0 Å². The molecule has 0 saturated heterocycles. The predicted molar refractivity (Wildman–Crippen MR) is 80.3 cm³/mol. The number of aliphatic hydroxyl groups excluding tert-OH is 2. The van der Waals surface area contributed by atoms with Gasteiger partial charge in [0.2, 0.25) is 0 Å². The molecule has 2 nitrogen and oxygen atoms in total. The van der Waals surface area contributed by atoms with Gasteiger partial charge in [-0.3, -0.25) is 0 Å². The normalized spacial score (nSPS) is 8.59. The Hall–Kier alpha value is 1.59. The Morgan fingerprint density at radius 3 is 1.18 bits per heavy atom. The first-order chi connectivity index (χ1) is 8.24. The van der Waals surface area contributed by atoms with Crippen LogP contribution in [0.25, 0.3) is 0 Å². The van der Waals surface area contributed by atoms with Gasteiger partial charge in [0, 0.05) is 13.2 Å². The summed E-state index contributed by atoms with van der Waals surface area (Å²) < 4.78 is 0. The van der Waals surface area contributed by atoms with Gasteiger partial charge in [0.05, 0.1) is 0 Å². The molecule has 0 aromatic heterocycles. The zero-order valence-corrected chi connectivity index (χ0v) is 16.0. The van der Waals surface area contributed by atoms with Crippen LogP contribution in [0.3, 0.4) is 0 Å². The van der Waals surface area contributed by atoms with E-state index >= 15 is 0 Å². The second-order valence-corrected chi connectivity index (χ2v) is 11.5. The van der Waals surface area contributed by atoms with E-state index in [2.05, 4.69) is 40.2 Å². The van der Waals surface area contributed by atoms with Crippen molar-refractivity contribution < 1.29 is 25.2 Å². The van der Waals surface area contributed by atoms with E-state index in [0.717, 1.165) is 12.8 Å². The molecule has 0 unspecified atom stereocenters. The standard InChI is InChI=1S/2C6H14O.2BrH.Ti/c2*1-2-3-4-5-6-7;;;/h2*7H,2-6H2,1H3;2*1H;/q;;;;+2/p-2. The molecular formula is C12H28Br2O2Ti. The SMILES string of the molecule is CCCCCCO.CCCCCCO.[Br][Ti][Br]. The van der Waals surface area contributed by atoms with Crippen molar-refractivity contribution in [2.45, 2.75) is 65.2 Å². The van der Waals surface area contributed by atoms with Gasteiger partial charge in [0.15, 0.2) is 0 Å². The van der Waals surface area contributed by atoms with Crippen molar-refractivity contribution in [2.75, 3.05) is 13.2 Å². The van der Waals surface area contributed by atoms with Gasteiger partial charge in [-0.05, 0) is 12.8 Å². The Morgan fingerprint density at radius 1 is 0.706 bits per heavy atom. The fraction of sp³-hybridized carbons (Fsp3) is 1.00. The van der Waals surface area contributed by atoms with Crippen LogP contribution >= 0.6 is 26.3 Å². The molecule has 0 aromatic carbocycles. The molecule has 0 rings (SSSR count). The van der Waals surface area contributed by atoms with Gasteiger partial charge >= 0.3 is 41.3 Å². The summed E-state index contributed by atoms with van der Waals surface area (Å²) in [6.07, 6.45) is 9.36. The molecule has 106 valence electrons. The summed E-state index contributed by atoms with van der Waals surface area (Å²) in [5.74, 6) is 0. The van der Waals surface area contributed by atoms with Crippen molar-refractivity contribution in [2.24, 2.45) is 0 Å². The van der Waals surface area contributed by atoms with E-state index < -0.39 is 0 Å². The third-order valence-corrected chi connectivity index (χ3v) is 2.02. The van der Waals surface area contributed by atoms with E-state index in [1.165, 1.54) is 38.5 Å². The Morgan fingerprint density at radius 2 is 1.00 bits per heavy atom. The van der Waals surface area contributed by atoms with Crippen LogP contribution in [0.2, 0.25) is 0 Å². The molecule has 17 heavy (non-hydrogen) atoms. The average molecular weight is 412 g/mol. The molecule has 0 fully saturated rings. The minimum atomic E-state index is 0.125. The summed E-state index contributed by atoms with van der Waals surface area (Å²) >= 11 is 6.50. The van der Waals surface area contributed by atoms with E-state index in [1.807, 2.05) is 0 Å². The molecule has 0 radical (unpaired) electrons. The summed E-state index contributed by atoms with van der Waals surface area (Å²) in [4.78, 5) is 0. The monoisotopic (exact) mass is 410 g/mol. The first kappa shape index (κ1) is 23.7. The van der Waals surface area contributed by atoms with Gasteiger partial charge in [0.1, 0.15) is 0 Å². The van der Waals surface area contributed by atoms with E-state index in [9.17, 15) is 0 Å². The predicted octanol–water partition coefficient (Wildman–Crippen LogP) is 4.81. The van der Waals surface area contributed by atoms with Gasteiger partial charge in [-0.15, -0.1) is 0 Å². The van der Waals surface area contributed by atoms with Crippen molar-refractivity contribution >= 4 is 26.3 Å². The van der Waals surface area contributed by atoms with Crippen LogP contribution in [0.1, 0.15) is 65.2 Å². The average Bonchev–Trinajstić information content (AvgIpc) is 2.32. The van der Waals surface area contributed by atoms with Crippen LogP contribution in [0, 0.1) is 0 Å². The molecule has 0 saturated carbocycles. The van der Waals surface area contributed by atoms with Gasteiger partial charge < -0.3 is 10.2 Å². The number of hydrogen-bond acceptors (Lipinski definition) is 2. The molecule has 0 amide bonds. The Labute approximate surface area is 129 Å². The first-order valence-corrected chi connectivity index (χ1v) is 14.1. The summed E-state index contributed by atoms with van der Waals surface area (Å²) in [5, 5.41) is 16.6. The van der Waals surface area contributed by atoms with Crippen LogP contribution in [0.4, 0.5) is 0 Å². The number of rotatable bonds is 8. The Bertz CT molecular complexity index is 80.6. The summed E-state index contributed by atoms with van der Waals surface area (Å²) in [7, 11) is 0. The van der Waals surface area contributed by atoms with Gasteiger partial charge in [-0.2, -0.15) is 0 Å². The number of aliphatic hydroxyl groups is 2. The number of unbranched alkanes of at least 4 members (excludes halogenated alkanes) is 6. The maximum atomic E-state index is 8.29. The molecule has 0 aromatic rings. The second-order valence-electron chi connectivity index (χ2n) is 3.64. The summed E-state index contributed by atoms with van der Waals surface area (Å²) in [5.41, 5.74) is 0. The molecule has 0 aliphatic carbocycles. The van der Waals surface area contributed by atoms with Crippen molar-refractivity contribution in [3.63, 3.8) is 0 Å². The topological polar surface area (TPSA) is 40.5 Å². The summed E-state index contributed by atoms with van der Waals surface area (Å²) in [6.45, 7) is 5.05. The minimum absolute atomic E-state index is 0.125. The molecule has 0 aliphatic heterocycles. The molecule has 0 bridgehead atoms. The van der Waals surface area contributed by atoms with E-state index in [4.69, 9.17) is 10.2 Å². The number of halogens is 2. The second kappa shape index (κ2) is 30.5. The fourth-order valence-electron chi connectivity index (χ4n) is 1.08. The van der Waals surface area contributed by atoms with Crippen LogP contribution in [-0.2, 0) is 15.0 Å². The first-order valence-electron chi connectivity index (χ1n) is 6.42. The van der Waals surface area contributed by atoms with Crippen molar-refractivity contribution in [3.05, 3.63) is 0 Å². The van der Waals surface area contributed by atoms with Crippen molar-refractivity contribution in [3.8, 4) is 0 Å². The third kappa shape index (κ3) is 46.5. The molecule has 0 aliphatic rings. The molecule has 2 N–H and O–H groups in total. The Kier molecular flexibility index (Phi) is 42.5. The van der Waals surface area contributed by atoms with Crippen LogP contribution in [0.15, 0.2) is 0 Å². The Balaban J connectivity index is -0.000000188. The zero-order chi connectivity index (χ0) is 13.8. The quantitative estimate of drug-likeness (QED) is 0.444. The molecular weight excluding hydrogens is 384 g/mol. The van der Waals surface area contributed by atoms with E-state index in [-0.39, 0.29) is 15.0 Å². The van der Waals surface area contributed by atoms with Crippen molar-refractivity contribution in [1.29, 1.82) is 0 Å². The van der Waals surface area contributed by atoms with E-state index in [0.29, 0.717) is 13.2 Å². The van der Waals surface area contributed by atoms with Gasteiger partial charge in [-0.1, -0.05) is 52.4 Å². The number of hydrogen-bond donors (Lipinski definition) is 2. The zero-order valence-electron chi connectivity index (χ0n) is 11.2. The van der Waals surface area contributed by atoms with Crippen LogP contribution in [0.5, 0.6) is 0 Å². The van der Waals surface area contributed by atoms with E-state index in [1.54, 1.807) is 0 Å². The fourth-order valence-corrected chi connectivity index (χ4v) is 1.08. The maximum absolute atomic E-state index is 8.29.